The predicted molar refractivity (Wildman–Crippen MR) is 191 cm³/mol. The fraction of sp³-hybridized carbons (Fsp3) is 0.692. The Bertz CT molecular complexity index is 1820. The molecule has 1 aliphatic rings. The second-order valence-electron chi connectivity index (χ2n) is 12.7. The molecule has 0 aliphatic carbocycles. The fourth-order valence-electron chi connectivity index (χ4n) is 4.82. The van der Waals surface area contributed by atoms with Gasteiger partial charge in [0.1, 0.15) is 36.3 Å². The van der Waals surface area contributed by atoms with Crippen molar-refractivity contribution in [2.75, 3.05) is 44.4 Å². The molecule has 0 aromatic carbocycles. The van der Waals surface area contributed by atoms with Crippen molar-refractivity contribution in [1.82, 2.24) is 30.2 Å². The molecule has 26 nitrogen and oxygen atoms in total. The number of hydrogen-bond acceptors (Lipinski definition) is 20. The quantitative estimate of drug-likeness (QED) is 0.0415. The monoisotopic (exact) mass is 882 g/mol. The lowest BCUT2D eigenvalue weighted by Crippen LogP contribution is -2.46. The molecule has 0 bridgehead atoms. The Kier molecular flexibility index (Phi) is 17.5. The van der Waals surface area contributed by atoms with Crippen LogP contribution in [0.5, 0.6) is 0 Å². The minimum Gasteiger partial charge on any atom is -0.396 e. The molecule has 2 aromatic rings. The average molecular weight is 883 g/mol. The van der Waals surface area contributed by atoms with Gasteiger partial charge in [-0.15, -0.1) is 0 Å². The molecular weight excluding hydrogens is 837 g/mol. The third-order valence-corrected chi connectivity index (χ3v) is 11.8. The maximum absolute atomic E-state index is 12.7. The van der Waals surface area contributed by atoms with E-state index in [2.05, 4.69) is 34.4 Å². The lowest BCUT2D eigenvalue weighted by Gasteiger charge is -2.30. The lowest BCUT2D eigenvalue weighted by atomic mass is 9.87. The van der Waals surface area contributed by atoms with Crippen LogP contribution in [0.3, 0.4) is 0 Å². The molecular formula is C26H45N8O18P3S. The average Bonchev–Trinajstić information content (AvgIpc) is 3.66. The van der Waals surface area contributed by atoms with Crippen LogP contribution < -0.4 is 22.1 Å². The normalized spacial score (nSPS) is 22.2. The molecule has 0 spiro atoms. The molecule has 318 valence electrons. The summed E-state index contributed by atoms with van der Waals surface area (Å²) in [5, 5.41) is 34.8. The molecule has 1 aliphatic heterocycles. The minimum atomic E-state index is -5.58. The van der Waals surface area contributed by atoms with Crippen LogP contribution in [0.15, 0.2) is 12.7 Å². The minimum absolute atomic E-state index is 0.0241. The lowest BCUT2D eigenvalue weighted by molar-refractivity contribution is -0.137. The maximum atomic E-state index is 12.7. The van der Waals surface area contributed by atoms with E-state index in [9.17, 15) is 57.9 Å². The summed E-state index contributed by atoms with van der Waals surface area (Å²) in [7, 11) is -16.4. The number of aliphatic hydroxyl groups excluding tert-OH is 3. The van der Waals surface area contributed by atoms with Crippen LogP contribution in [0.2, 0.25) is 0 Å². The molecule has 2 aromatic heterocycles. The number of hydrogen-bond donors (Lipinski definition) is 11. The number of phosphoric acid groups is 3. The Morgan fingerprint density at radius 2 is 1.75 bits per heavy atom. The summed E-state index contributed by atoms with van der Waals surface area (Å²) in [6.07, 6.45) is -6.31. The summed E-state index contributed by atoms with van der Waals surface area (Å²) in [6, 6.07) is -0.736. The van der Waals surface area contributed by atoms with Crippen molar-refractivity contribution in [2.45, 2.75) is 69.8 Å². The van der Waals surface area contributed by atoms with E-state index in [-0.39, 0.29) is 54.0 Å². The first kappa shape index (κ1) is 47.9. The summed E-state index contributed by atoms with van der Waals surface area (Å²) in [6.45, 7) is 0.229. The SMILES string of the molecule is CC(C)(COP(=O)(O)OP(=O)(O)OCC1OC(n2cnc3c(N)ncnc32)C(O)C1OP(=O)(O)O)C(O)C(=O)NCCC(=O)NCCSC(=O)C(N)CCCO. The number of anilines is 1. The number of nitrogen functional groups attached to an aromatic ring is 1. The van der Waals surface area contributed by atoms with Crippen molar-refractivity contribution in [3.8, 4) is 0 Å². The molecule has 1 saturated heterocycles. The van der Waals surface area contributed by atoms with E-state index in [1.807, 2.05) is 0 Å². The van der Waals surface area contributed by atoms with Gasteiger partial charge in [0.15, 0.2) is 17.7 Å². The molecule has 3 heterocycles. The predicted octanol–water partition coefficient (Wildman–Crippen LogP) is -2.24. The molecule has 30 heteroatoms. The smallest absolute Gasteiger partial charge is 0.396 e. The zero-order valence-electron chi connectivity index (χ0n) is 29.8. The molecule has 13 N–H and O–H groups in total. The number of rotatable bonds is 23. The van der Waals surface area contributed by atoms with Crippen LogP contribution in [-0.2, 0) is 50.7 Å². The van der Waals surface area contributed by atoms with Gasteiger partial charge >= 0.3 is 23.5 Å². The Hall–Kier alpha value is -2.52. The van der Waals surface area contributed by atoms with Gasteiger partial charge in [-0.05, 0) is 12.8 Å². The number of carbonyl (C=O) groups excluding carboxylic acids is 3. The number of aliphatic hydroxyl groups is 3. The van der Waals surface area contributed by atoms with Crippen LogP contribution in [0, 0.1) is 5.41 Å². The number of thioether (sulfide) groups is 1. The number of fused-ring (bicyclic) bond motifs is 1. The number of imidazole rings is 1. The number of aromatic nitrogens is 4. The second kappa shape index (κ2) is 20.4. The molecule has 56 heavy (non-hydrogen) atoms. The number of nitrogens with zero attached hydrogens (tertiary/aromatic N) is 4. The molecule has 8 atom stereocenters. The van der Waals surface area contributed by atoms with Gasteiger partial charge in [0, 0.05) is 37.3 Å². The third kappa shape index (κ3) is 14.4. The highest BCUT2D eigenvalue weighted by Crippen LogP contribution is 2.61. The van der Waals surface area contributed by atoms with Gasteiger partial charge in [0.2, 0.25) is 16.9 Å². The van der Waals surface area contributed by atoms with Crippen LogP contribution in [0.1, 0.15) is 39.3 Å². The maximum Gasteiger partial charge on any atom is 0.481 e. The van der Waals surface area contributed by atoms with Crippen molar-refractivity contribution in [2.24, 2.45) is 11.1 Å². The first-order valence-electron chi connectivity index (χ1n) is 16.4. The Balaban J connectivity index is 1.48. The zero-order chi connectivity index (χ0) is 42.1. The molecule has 3 rings (SSSR count). The molecule has 1 fully saturated rings. The van der Waals surface area contributed by atoms with Gasteiger partial charge in [0.05, 0.1) is 25.6 Å². The second-order valence-corrected chi connectivity index (χ2v) is 18.0. The highest BCUT2D eigenvalue weighted by atomic mass is 32.2. The molecule has 2 amide bonds. The van der Waals surface area contributed by atoms with Crippen LogP contribution in [-0.4, -0.2) is 140 Å². The van der Waals surface area contributed by atoms with Gasteiger partial charge < -0.3 is 61.7 Å². The first-order valence-corrected chi connectivity index (χ1v) is 21.9. The van der Waals surface area contributed by atoms with E-state index in [0.29, 0.717) is 12.8 Å². The van der Waals surface area contributed by atoms with Gasteiger partial charge in [-0.1, -0.05) is 25.6 Å². The number of nitrogens with one attached hydrogen (secondary N) is 2. The highest BCUT2D eigenvalue weighted by Gasteiger charge is 2.50. The molecule has 0 radical (unpaired) electrons. The van der Waals surface area contributed by atoms with Crippen molar-refractivity contribution >= 4 is 69.1 Å². The zero-order valence-corrected chi connectivity index (χ0v) is 33.3. The Morgan fingerprint density at radius 3 is 2.41 bits per heavy atom. The van der Waals surface area contributed by atoms with Gasteiger partial charge in [-0.3, -0.25) is 32.5 Å². The van der Waals surface area contributed by atoms with Crippen molar-refractivity contribution in [3.05, 3.63) is 12.7 Å². The van der Waals surface area contributed by atoms with Crippen LogP contribution >= 0.6 is 35.2 Å². The van der Waals surface area contributed by atoms with E-state index in [1.165, 1.54) is 13.8 Å². The first-order chi connectivity index (χ1) is 26.0. The number of amides is 2. The Labute approximate surface area is 322 Å². The topological polar surface area (TPSA) is 410 Å². The largest absolute Gasteiger partial charge is 0.481 e. The van der Waals surface area contributed by atoms with E-state index < -0.39 is 90.6 Å². The van der Waals surface area contributed by atoms with Crippen molar-refractivity contribution in [1.29, 1.82) is 0 Å². The van der Waals surface area contributed by atoms with Gasteiger partial charge in [-0.25, -0.2) is 28.6 Å². The van der Waals surface area contributed by atoms with Crippen LogP contribution in [0.25, 0.3) is 11.2 Å². The highest BCUT2D eigenvalue weighted by molar-refractivity contribution is 8.13. The summed E-state index contributed by atoms with van der Waals surface area (Å²) >= 11 is 0.922. The third-order valence-electron chi connectivity index (χ3n) is 7.72. The Morgan fingerprint density at radius 1 is 1.07 bits per heavy atom. The summed E-state index contributed by atoms with van der Waals surface area (Å²) in [4.78, 5) is 87.4. The van der Waals surface area contributed by atoms with E-state index in [0.717, 1.165) is 29.0 Å². The van der Waals surface area contributed by atoms with Gasteiger partial charge in [-0.2, -0.15) is 4.31 Å². The number of ether oxygens (including phenoxy) is 1. The number of carbonyl (C=O) groups is 3. The van der Waals surface area contributed by atoms with Crippen molar-refractivity contribution < 1.29 is 85.6 Å². The molecule has 0 saturated carbocycles. The van der Waals surface area contributed by atoms with E-state index in [1.54, 1.807) is 0 Å². The van der Waals surface area contributed by atoms with E-state index >= 15 is 0 Å². The summed E-state index contributed by atoms with van der Waals surface area (Å²) in [5.74, 6) is -1.30. The fourth-order valence-corrected chi connectivity index (χ4v) is 8.38. The summed E-state index contributed by atoms with van der Waals surface area (Å²) < 4.78 is 62.0. The molecule has 8 unspecified atom stereocenters. The van der Waals surface area contributed by atoms with Crippen molar-refractivity contribution in [3.63, 3.8) is 0 Å². The number of phosphoric ester groups is 3. The van der Waals surface area contributed by atoms with Crippen LogP contribution in [0.4, 0.5) is 5.82 Å². The van der Waals surface area contributed by atoms with Gasteiger partial charge in [0.25, 0.3) is 0 Å². The van der Waals surface area contributed by atoms with E-state index in [4.69, 9.17) is 30.4 Å². The number of nitrogens with two attached hydrogens (primary N) is 2. The summed E-state index contributed by atoms with van der Waals surface area (Å²) in [5.41, 5.74) is 9.93. The standard InChI is InChI=1S/C26H45N8O18P3S/c1-26(2,20(38)23(39)30-6-5-16(36)29-7-9-56-25(40)14(27)4-3-8-35)11-49-55(46,47)52-54(44,45)48-10-15-19(51-53(41,42)43)18(37)24(50-15)34-13-33-17-21(28)31-12-32-22(17)34/h12-15,18-20,24,35,37-38H,3-11,27H2,1-2H3,(H,29,36)(H,30,39)(H,44,45)(H,46,47)(H2,28,31,32)(H2,41,42,43).